The van der Waals surface area contributed by atoms with Crippen molar-refractivity contribution in [3.63, 3.8) is 0 Å². The average molecular weight is 368 g/mol. The molecule has 0 spiro atoms. The number of nitrogens with zero attached hydrogens (tertiary/aromatic N) is 1. The fourth-order valence-electron chi connectivity index (χ4n) is 2.15. The molecule has 1 amide bonds. The van der Waals surface area contributed by atoms with Crippen molar-refractivity contribution >= 4 is 18.0 Å². The number of hydrogen-bond donors (Lipinski definition) is 1. The second-order valence-corrected chi connectivity index (χ2v) is 5.40. The second-order valence-electron chi connectivity index (χ2n) is 5.40. The maximum Gasteiger partial charge on any atom is 0.311 e. The van der Waals surface area contributed by atoms with Crippen LogP contribution in [0.4, 0.5) is 0 Å². The van der Waals surface area contributed by atoms with Crippen LogP contribution in [0.3, 0.4) is 0 Å². The fraction of sp³-hybridized carbons (Fsp3) is 0.250. The van der Waals surface area contributed by atoms with Gasteiger partial charge in [-0.25, -0.2) is 0 Å². The molecule has 0 bridgehead atoms. The minimum Gasteiger partial charge on any atom is -0.490 e. The van der Waals surface area contributed by atoms with Gasteiger partial charge in [0.25, 0.3) is 5.91 Å². The SMILES string of the molecule is CCOc1cc(/C=C(\C#N)C(=O)NCc2ccco2)ccc1OC(=O)CC. The predicted molar refractivity (Wildman–Crippen MR) is 97.7 cm³/mol. The quantitative estimate of drug-likeness (QED) is 0.332. The van der Waals surface area contributed by atoms with Gasteiger partial charge in [-0.1, -0.05) is 13.0 Å². The van der Waals surface area contributed by atoms with Crippen LogP contribution in [-0.4, -0.2) is 18.5 Å². The van der Waals surface area contributed by atoms with Gasteiger partial charge < -0.3 is 19.2 Å². The molecular formula is C20H20N2O5. The number of benzene rings is 1. The summed E-state index contributed by atoms with van der Waals surface area (Å²) in [6, 6.07) is 10.1. The summed E-state index contributed by atoms with van der Waals surface area (Å²) in [6.07, 6.45) is 3.18. The van der Waals surface area contributed by atoms with Crippen molar-refractivity contribution in [3.05, 3.63) is 53.5 Å². The predicted octanol–water partition coefficient (Wildman–Crippen LogP) is 3.22. The summed E-state index contributed by atoms with van der Waals surface area (Å²) in [6.45, 7) is 4.05. The normalized spacial score (nSPS) is 10.8. The van der Waals surface area contributed by atoms with Gasteiger partial charge in [-0.3, -0.25) is 9.59 Å². The zero-order valence-electron chi connectivity index (χ0n) is 15.2. The second kappa shape index (κ2) is 9.82. The van der Waals surface area contributed by atoms with E-state index in [1.165, 1.54) is 12.3 Å². The number of carbonyl (C=O) groups excluding carboxylic acids is 2. The first-order valence-electron chi connectivity index (χ1n) is 8.47. The number of hydrogen-bond acceptors (Lipinski definition) is 6. The Morgan fingerprint density at radius 2 is 2.07 bits per heavy atom. The molecule has 0 aliphatic carbocycles. The Kier molecular flexibility index (Phi) is 7.20. The average Bonchev–Trinajstić information content (AvgIpc) is 3.19. The van der Waals surface area contributed by atoms with Gasteiger partial charge in [-0.05, 0) is 42.8 Å². The zero-order chi connectivity index (χ0) is 19.6. The van der Waals surface area contributed by atoms with Crippen LogP contribution >= 0.6 is 0 Å². The molecule has 7 heteroatoms. The molecule has 0 saturated carbocycles. The summed E-state index contributed by atoms with van der Waals surface area (Å²) < 4.78 is 15.9. The Balaban J connectivity index is 2.18. The first-order chi connectivity index (χ1) is 13.1. The molecule has 0 aliphatic rings. The summed E-state index contributed by atoms with van der Waals surface area (Å²) in [5.41, 5.74) is 0.502. The van der Waals surface area contributed by atoms with E-state index < -0.39 is 5.91 Å². The first-order valence-corrected chi connectivity index (χ1v) is 8.47. The van der Waals surface area contributed by atoms with E-state index in [-0.39, 0.29) is 24.5 Å². The van der Waals surface area contributed by atoms with E-state index in [4.69, 9.17) is 13.9 Å². The van der Waals surface area contributed by atoms with Crippen molar-refractivity contribution in [2.45, 2.75) is 26.8 Å². The highest BCUT2D eigenvalue weighted by Gasteiger charge is 2.13. The van der Waals surface area contributed by atoms with Crippen molar-refractivity contribution in [2.75, 3.05) is 6.61 Å². The maximum absolute atomic E-state index is 12.2. The molecule has 7 nitrogen and oxygen atoms in total. The molecule has 0 unspecified atom stereocenters. The molecule has 27 heavy (non-hydrogen) atoms. The van der Waals surface area contributed by atoms with Gasteiger partial charge in [0.15, 0.2) is 11.5 Å². The minimum atomic E-state index is -0.520. The smallest absolute Gasteiger partial charge is 0.311 e. The van der Waals surface area contributed by atoms with E-state index in [1.54, 1.807) is 44.2 Å². The van der Waals surface area contributed by atoms with Gasteiger partial charge in [-0.15, -0.1) is 0 Å². The lowest BCUT2D eigenvalue weighted by Crippen LogP contribution is -2.23. The third-order valence-electron chi connectivity index (χ3n) is 3.46. The molecule has 1 aromatic carbocycles. The molecule has 0 saturated heterocycles. The number of esters is 1. The number of rotatable bonds is 8. The number of furan rings is 1. The molecule has 0 fully saturated rings. The largest absolute Gasteiger partial charge is 0.490 e. The van der Waals surface area contributed by atoms with Crippen LogP contribution in [0.25, 0.3) is 6.08 Å². The molecule has 0 atom stereocenters. The zero-order valence-corrected chi connectivity index (χ0v) is 15.2. The number of nitriles is 1. The van der Waals surface area contributed by atoms with Gasteiger partial charge in [0.2, 0.25) is 0 Å². The molecule has 0 radical (unpaired) electrons. The Morgan fingerprint density at radius 3 is 2.70 bits per heavy atom. The molecule has 2 rings (SSSR count). The standard InChI is InChI=1S/C20H20N2O5/c1-3-19(23)27-17-8-7-14(11-18(17)25-4-2)10-15(12-21)20(24)22-13-16-6-5-9-26-16/h5-11H,3-4,13H2,1-2H3,(H,22,24)/b15-10+. The molecule has 0 aliphatic heterocycles. The van der Waals surface area contributed by atoms with Gasteiger partial charge >= 0.3 is 5.97 Å². The Hall–Kier alpha value is -3.53. The highest BCUT2D eigenvalue weighted by atomic mass is 16.6. The van der Waals surface area contributed by atoms with Crippen LogP contribution < -0.4 is 14.8 Å². The van der Waals surface area contributed by atoms with Crippen LogP contribution in [0.5, 0.6) is 11.5 Å². The summed E-state index contributed by atoms with van der Waals surface area (Å²) in [7, 11) is 0. The lowest BCUT2D eigenvalue weighted by molar-refractivity contribution is -0.134. The highest BCUT2D eigenvalue weighted by molar-refractivity contribution is 6.01. The maximum atomic E-state index is 12.2. The summed E-state index contributed by atoms with van der Waals surface area (Å²) >= 11 is 0. The van der Waals surface area contributed by atoms with Crippen LogP contribution in [-0.2, 0) is 16.1 Å². The molecular weight excluding hydrogens is 348 g/mol. The first kappa shape index (κ1) is 19.8. The molecule has 1 aromatic heterocycles. The molecule has 1 heterocycles. The Labute approximate surface area is 157 Å². The van der Waals surface area contributed by atoms with Gasteiger partial charge in [0, 0.05) is 6.42 Å². The number of ether oxygens (including phenoxy) is 2. The Morgan fingerprint density at radius 1 is 1.26 bits per heavy atom. The monoisotopic (exact) mass is 368 g/mol. The number of amides is 1. The van der Waals surface area contributed by atoms with Crippen molar-refractivity contribution in [1.29, 1.82) is 5.26 Å². The van der Waals surface area contributed by atoms with Crippen LogP contribution in [0.1, 0.15) is 31.6 Å². The summed E-state index contributed by atoms with van der Waals surface area (Å²) in [4.78, 5) is 23.7. The van der Waals surface area contributed by atoms with Crippen molar-refractivity contribution < 1.29 is 23.5 Å². The molecule has 2 aromatic rings. The van der Waals surface area contributed by atoms with Gasteiger partial charge in [-0.2, -0.15) is 5.26 Å². The van der Waals surface area contributed by atoms with Gasteiger partial charge in [0.05, 0.1) is 19.4 Å². The van der Waals surface area contributed by atoms with E-state index in [1.807, 2.05) is 6.07 Å². The fourth-order valence-corrected chi connectivity index (χ4v) is 2.15. The topological polar surface area (TPSA) is 102 Å². The third-order valence-corrected chi connectivity index (χ3v) is 3.46. The highest BCUT2D eigenvalue weighted by Crippen LogP contribution is 2.29. The number of nitrogens with one attached hydrogen (secondary N) is 1. The summed E-state index contributed by atoms with van der Waals surface area (Å²) in [5, 5.41) is 11.9. The van der Waals surface area contributed by atoms with E-state index in [0.29, 0.717) is 29.4 Å². The van der Waals surface area contributed by atoms with Crippen molar-refractivity contribution in [3.8, 4) is 17.6 Å². The Bertz CT molecular complexity index is 863. The molecule has 1 N–H and O–H groups in total. The molecule has 140 valence electrons. The van der Waals surface area contributed by atoms with E-state index in [9.17, 15) is 14.9 Å². The summed E-state index contributed by atoms with van der Waals surface area (Å²) in [5.74, 6) is 0.340. The lowest BCUT2D eigenvalue weighted by Gasteiger charge is -2.11. The third kappa shape index (κ3) is 5.75. The van der Waals surface area contributed by atoms with Crippen LogP contribution in [0.2, 0.25) is 0 Å². The van der Waals surface area contributed by atoms with Crippen molar-refractivity contribution in [2.24, 2.45) is 0 Å². The van der Waals surface area contributed by atoms with Crippen molar-refractivity contribution in [1.82, 2.24) is 5.32 Å². The van der Waals surface area contributed by atoms with Crippen LogP contribution in [0.15, 0.2) is 46.6 Å². The minimum absolute atomic E-state index is 0.0673. The van der Waals surface area contributed by atoms with Gasteiger partial charge in [0.1, 0.15) is 17.4 Å². The van der Waals surface area contributed by atoms with E-state index >= 15 is 0 Å². The lowest BCUT2D eigenvalue weighted by atomic mass is 10.1. The van der Waals surface area contributed by atoms with E-state index in [2.05, 4.69) is 5.32 Å². The van der Waals surface area contributed by atoms with Crippen LogP contribution in [0, 0.1) is 11.3 Å². The van der Waals surface area contributed by atoms with E-state index in [0.717, 1.165) is 0 Å². The number of carbonyl (C=O) groups is 2.